The first kappa shape index (κ1) is 23.4. The number of halogens is 4. The predicted octanol–water partition coefficient (Wildman–Crippen LogP) is 4.67. The minimum atomic E-state index is -4.78. The van der Waals surface area contributed by atoms with Crippen molar-refractivity contribution in [3.63, 3.8) is 0 Å². The largest absolute Gasteiger partial charge is 0.433 e. The van der Waals surface area contributed by atoms with E-state index in [-0.39, 0.29) is 38.5 Å². The van der Waals surface area contributed by atoms with Crippen molar-refractivity contribution < 1.29 is 27.2 Å². The summed E-state index contributed by atoms with van der Waals surface area (Å²) in [6.45, 7) is 3.32. The van der Waals surface area contributed by atoms with Gasteiger partial charge in [0, 0.05) is 11.1 Å². The molecule has 2 amide bonds. The molecule has 3 aromatic heterocycles. The Bertz CT molecular complexity index is 1420. The van der Waals surface area contributed by atoms with Crippen LogP contribution in [-0.2, 0) is 17.5 Å². The van der Waals surface area contributed by atoms with E-state index < -0.39 is 29.5 Å². The van der Waals surface area contributed by atoms with Crippen LogP contribution in [-0.4, -0.2) is 26.6 Å². The SMILES string of the molecule is Cc1cc(C)n(CC(=O)Nc2c(C(N)=O)sc3nc(C(F)(F)F)cc(-c4ccc(F)cc4)c23)n1. The zero-order chi connectivity index (χ0) is 24.8. The number of alkyl halides is 3. The molecule has 0 aliphatic rings. The summed E-state index contributed by atoms with van der Waals surface area (Å²) in [5.41, 5.74) is 5.90. The molecule has 0 unspecified atom stereocenters. The van der Waals surface area contributed by atoms with Crippen LogP contribution in [0.2, 0.25) is 0 Å². The van der Waals surface area contributed by atoms with Gasteiger partial charge in [-0.1, -0.05) is 12.1 Å². The number of anilines is 1. The first-order valence-electron chi connectivity index (χ1n) is 9.85. The van der Waals surface area contributed by atoms with Gasteiger partial charge in [-0.05, 0) is 49.2 Å². The summed E-state index contributed by atoms with van der Waals surface area (Å²) in [7, 11) is 0. The standard InChI is InChI=1S/C22H17F4N5O2S/c1-10-7-11(2)31(30-10)9-16(32)29-18-17-14(12-3-5-13(23)6-4-12)8-15(22(24,25)26)28-21(17)34-19(18)20(27)33/h3-8H,9H2,1-2H3,(H2,27,33)(H,29,32). The lowest BCUT2D eigenvalue weighted by atomic mass is 10.0. The van der Waals surface area contributed by atoms with Crippen molar-refractivity contribution in [3.05, 3.63) is 64.2 Å². The monoisotopic (exact) mass is 491 g/mol. The summed E-state index contributed by atoms with van der Waals surface area (Å²) >= 11 is 0.633. The first-order valence-corrected chi connectivity index (χ1v) is 10.7. The zero-order valence-electron chi connectivity index (χ0n) is 17.8. The lowest BCUT2D eigenvalue weighted by Crippen LogP contribution is -2.22. The Labute approximate surface area is 194 Å². The van der Waals surface area contributed by atoms with Crippen molar-refractivity contribution in [1.82, 2.24) is 14.8 Å². The van der Waals surface area contributed by atoms with E-state index in [2.05, 4.69) is 15.4 Å². The van der Waals surface area contributed by atoms with Gasteiger partial charge in [-0.2, -0.15) is 18.3 Å². The molecule has 0 saturated carbocycles. The third-order valence-electron chi connectivity index (χ3n) is 4.99. The number of hydrogen-bond donors (Lipinski definition) is 2. The number of nitrogens with zero attached hydrogens (tertiary/aromatic N) is 3. The van der Waals surface area contributed by atoms with Gasteiger partial charge in [-0.15, -0.1) is 11.3 Å². The normalized spacial score (nSPS) is 11.7. The number of amides is 2. The number of rotatable bonds is 5. The van der Waals surface area contributed by atoms with Gasteiger partial charge in [-0.3, -0.25) is 14.3 Å². The molecule has 3 N–H and O–H groups in total. The van der Waals surface area contributed by atoms with Gasteiger partial charge in [0.05, 0.1) is 11.4 Å². The first-order chi connectivity index (χ1) is 15.9. The molecule has 0 spiro atoms. The van der Waals surface area contributed by atoms with Crippen LogP contribution in [0, 0.1) is 19.7 Å². The van der Waals surface area contributed by atoms with Crippen LogP contribution in [0.15, 0.2) is 36.4 Å². The van der Waals surface area contributed by atoms with Gasteiger partial charge in [0.2, 0.25) is 5.91 Å². The molecule has 0 fully saturated rings. The molecule has 4 aromatic rings. The van der Waals surface area contributed by atoms with Crippen LogP contribution < -0.4 is 11.1 Å². The van der Waals surface area contributed by atoms with Crippen LogP contribution in [0.4, 0.5) is 23.2 Å². The molecule has 4 rings (SSSR count). The summed E-state index contributed by atoms with van der Waals surface area (Å²) in [6.07, 6.45) is -4.78. The maximum Gasteiger partial charge on any atom is 0.433 e. The number of carbonyl (C=O) groups excluding carboxylic acids is 2. The van der Waals surface area contributed by atoms with Gasteiger partial charge in [-0.25, -0.2) is 9.37 Å². The lowest BCUT2D eigenvalue weighted by molar-refractivity contribution is -0.140. The number of nitrogens with one attached hydrogen (secondary N) is 1. The number of aromatic nitrogens is 3. The predicted molar refractivity (Wildman–Crippen MR) is 119 cm³/mol. The fourth-order valence-electron chi connectivity index (χ4n) is 3.54. The highest BCUT2D eigenvalue weighted by Gasteiger charge is 2.35. The fraction of sp³-hybridized carbons (Fsp3) is 0.182. The Balaban J connectivity index is 1.90. The zero-order valence-corrected chi connectivity index (χ0v) is 18.6. The molecule has 0 atom stereocenters. The summed E-state index contributed by atoms with van der Waals surface area (Å²) < 4.78 is 55.6. The van der Waals surface area contributed by atoms with E-state index in [0.29, 0.717) is 17.0 Å². The second-order valence-electron chi connectivity index (χ2n) is 7.54. The topological polar surface area (TPSA) is 103 Å². The highest BCUT2D eigenvalue weighted by molar-refractivity contribution is 7.21. The van der Waals surface area contributed by atoms with Crippen LogP contribution >= 0.6 is 11.3 Å². The van der Waals surface area contributed by atoms with Crippen LogP contribution in [0.3, 0.4) is 0 Å². The van der Waals surface area contributed by atoms with Crippen molar-refractivity contribution in [2.75, 3.05) is 5.32 Å². The molecule has 0 bridgehead atoms. The van der Waals surface area contributed by atoms with Crippen molar-refractivity contribution in [1.29, 1.82) is 0 Å². The van der Waals surface area contributed by atoms with Crippen molar-refractivity contribution in [2.45, 2.75) is 26.6 Å². The number of pyridine rings is 1. The van der Waals surface area contributed by atoms with Crippen molar-refractivity contribution in [2.24, 2.45) is 5.73 Å². The third kappa shape index (κ3) is 4.49. The molecule has 3 heterocycles. The minimum absolute atomic E-state index is 0.0162. The van der Waals surface area contributed by atoms with Gasteiger partial charge in [0.1, 0.15) is 27.8 Å². The Kier molecular flexibility index (Phi) is 5.86. The van der Waals surface area contributed by atoms with E-state index in [4.69, 9.17) is 5.73 Å². The smallest absolute Gasteiger partial charge is 0.365 e. The number of primary amides is 1. The summed E-state index contributed by atoms with van der Waals surface area (Å²) in [4.78, 5) is 28.3. The maximum atomic E-state index is 13.5. The molecule has 34 heavy (non-hydrogen) atoms. The van der Waals surface area contributed by atoms with Crippen molar-refractivity contribution in [3.8, 4) is 11.1 Å². The third-order valence-corrected chi connectivity index (χ3v) is 6.09. The van der Waals surface area contributed by atoms with E-state index in [1.54, 1.807) is 19.9 Å². The highest BCUT2D eigenvalue weighted by atomic mass is 32.1. The maximum absolute atomic E-state index is 13.5. The second kappa shape index (κ2) is 8.52. The fourth-order valence-corrected chi connectivity index (χ4v) is 4.55. The summed E-state index contributed by atoms with van der Waals surface area (Å²) in [5, 5.41) is 6.90. The summed E-state index contributed by atoms with van der Waals surface area (Å²) in [5.74, 6) is -2.09. The van der Waals surface area contributed by atoms with Crippen LogP contribution in [0.5, 0.6) is 0 Å². The average molecular weight is 491 g/mol. The van der Waals surface area contributed by atoms with E-state index in [0.717, 1.165) is 23.9 Å². The van der Waals surface area contributed by atoms with Gasteiger partial charge in [0.25, 0.3) is 5.91 Å². The van der Waals surface area contributed by atoms with Crippen LogP contribution in [0.1, 0.15) is 26.8 Å². The summed E-state index contributed by atoms with van der Waals surface area (Å²) in [6, 6.07) is 7.36. The number of thiophene rings is 1. The molecular weight excluding hydrogens is 474 g/mol. The number of aryl methyl sites for hydroxylation is 2. The van der Waals surface area contributed by atoms with E-state index in [1.807, 2.05) is 0 Å². The quantitative estimate of drug-likeness (QED) is 0.396. The average Bonchev–Trinajstić information content (AvgIpc) is 3.26. The lowest BCUT2D eigenvalue weighted by Gasteiger charge is -2.13. The second-order valence-corrected chi connectivity index (χ2v) is 8.54. The molecule has 0 radical (unpaired) electrons. The van der Waals surface area contributed by atoms with Gasteiger partial charge >= 0.3 is 6.18 Å². The Morgan fingerprint density at radius 3 is 2.38 bits per heavy atom. The molecule has 0 saturated heterocycles. The molecule has 1 aromatic carbocycles. The Morgan fingerprint density at radius 1 is 1.15 bits per heavy atom. The molecule has 176 valence electrons. The van der Waals surface area contributed by atoms with Crippen molar-refractivity contribution >= 4 is 39.1 Å². The number of fused-ring (bicyclic) bond motifs is 1. The molecule has 0 aliphatic heterocycles. The van der Waals surface area contributed by atoms with Gasteiger partial charge in [0.15, 0.2) is 0 Å². The van der Waals surface area contributed by atoms with Gasteiger partial charge < -0.3 is 11.1 Å². The molecule has 7 nitrogen and oxygen atoms in total. The number of benzene rings is 1. The number of nitrogens with two attached hydrogens (primary N) is 1. The molecular formula is C22H17F4N5O2S. The van der Waals surface area contributed by atoms with E-state index in [1.165, 1.54) is 16.8 Å². The van der Waals surface area contributed by atoms with E-state index in [9.17, 15) is 27.2 Å². The Hall–Kier alpha value is -3.80. The number of carbonyl (C=O) groups is 2. The highest BCUT2D eigenvalue weighted by Crippen LogP contribution is 2.43. The molecule has 0 aliphatic carbocycles. The van der Waals surface area contributed by atoms with Crippen LogP contribution in [0.25, 0.3) is 21.3 Å². The Morgan fingerprint density at radius 2 is 1.82 bits per heavy atom. The molecule has 12 heteroatoms. The van der Waals surface area contributed by atoms with E-state index >= 15 is 0 Å². The minimum Gasteiger partial charge on any atom is -0.365 e. The number of hydrogen-bond acceptors (Lipinski definition) is 5.